The molecule has 0 aliphatic carbocycles. The standard InChI is InChI=1S/C42H30N2/c1-3-11-30(12-4-1)32-19-24-35(25-20-32)43-40-17-9-7-15-37(40)34-23-28-39-38-16-8-10-18-41(38)44(42(39)29-34)36-26-21-33(22-27-36)31-13-5-2-6-14-31/h1-29,43H. The van der Waals surface area contributed by atoms with Gasteiger partial charge in [0.2, 0.25) is 0 Å². The third kappa shape index (κ3) is 4.73. The van der Waals surface area contributed by atoms with Gasteiger partial charge in [0.1, 0.15) is 0 Å². The zero-order valence-electron chi connectivity index (χ0n) is 24.2. The maximum Gasteiger partial charge on any atom is 0.0547 e. The molecule has 0 saturated heterocycles. The first kappa shape index (κ1) is 25.8. The number of aromatic nitrogens is 1. The Bertz CT molecular complexity index is 2210. The lowest BCUT2D eigenvalue weighted by molar-refractivity contribution is 1.18. The van der Waals surface area contributed by atoms with E-state index in [4.69, 9.17) is 0 Å². The molecule has 1 aromatic heterocycles. The minimum absolute atomic E-state index is 1.06. The summed E-state index contributed by atoms with van der Waals surface area (Å²) in [7, 11) is 0. The van der Waals surface area contributed by atoms with E-state index in [9.17, 15) is 0 Å². The van der Waals surface area contributed by atoms with E-state index in [2.05, 4.69) is 186 Å². The molecule has 0 radical (unpaired) electrons. The number of anilines is 2. The number of hydrogen-bond donors (Lipinski definition) is 1. The number of benzene rings is 7. The van der Waals surface area contributed by atoms with E-state index in [1.807, 2.05) is 0 Å². The highest BCUT2D eigenvalue weighted by Crippen LogP contribution is 2.37. The molecule has 208 valence electrons. The maximum absolute atomic E-state index is 3.69. The topological polar surface area (TPSA) is 17.0 Å². The molecule has 0 spiro atoms. The van der Waals surface area contributed by atoms with Crippen LogP contribution in [0.3, 0.4) is 0 Å². The average Bonchev–Trinajstić information content (AvgIpc) is 3.43. The lowest BCUT2D eigenvalue weighted by atomic mass is 10.0. The molecule has 2 heteroatoms. The van der Waals surface area contributed by atoms with Gasteiger partial charge in [-0.1, -0.05) is 133 Å². The number of fused-ring (bicyclic) bond motifs is 3. The van der Waals surface area contributed by atoms with Crippen molar-refractivity contribution in [3.8, 4) is 39.1 Å². The smallest absolute Gasteiger partial charge is 0.0547 e. The van der Waals surface area contributed by atoms with Crippen LogP contribution in [0.5, 0.6) is 0 Å². The van der Waals surface area contributed by atoms with E-state index in [0.29, 0.717) is 0 Å². The molecule has 2 nitrogen and oxygen atoms in total. The minimum Gasteiger partial charge on any atom is -0.355 e. The molecule has 0 atom stereocenters. The molecular weight excluding hydrogens is 532 g/mol. The Labute approximate surface area is 257 Å². The minimum atomic E-state index is 1.06. The van der Waals surface area contributed by atoms with Crippen LogP contribution in [-0.4, -0.2) is 4.57 Å². The number of para-hydroxylation sites is 2. The van der Waals surface area contributed by atoms with Crippen molar-refractivity contribution in [2.75, 3.05) is 5.32 Å². The summed E-state index contributed by atoms with van der Waals surface area (Å²) in [5.74, 6) is 0. The number of hydrogen-bond acceptors (Lipinski definition) is 1. The monoisotopic (exact) mass is 562 g/mol. The maximum atomic E-state index is 3.69. The van der Waals surface area contributed by atoms with Crippen LogP contribution in [0.2, 0.25) is 0 Å². The molecule has 8 aromatic rings. The van der Waals surface area contributed by atoms with Crippen LogP contribution in [0.4, 0.5) is 11.4 Å². The number of nitrogens with one attached hydrogen (secondary N) is 1. The summed E-state index contributed by atoms with van der Waals surface area (Å²) >= 11 is 0. The summed E-state index contributed by atoms with van der Waals surface area (Å²) in [6.07, 6.45) is 0. The first-order chi connectivity index (χ1) is 21.8. The zero-order valence-corrected chi connectivity index (χ0v) is 24.2. The van der Waals surface area contributed by atoms with E-state index >= 15 is 0 Å². The fraction of sp³-hybridized carbons (Fsp3) is 0. The SMILES string of the molecule is c1ccc(-c2ccc(Nc3ccccc3-c3ccc4c5ccccc5n(-c5ccc(-c6ccccc6)cc5)c4c3)cc2)cc1. The van der Waals surface area contributed by atoms with Gasteiger partial charge in [-0.05, 0) is 70.3 Å². The first-order valence-electron chi connectivity index (χ1n) is 15.0. The quantitative estimate of drug-likeness (QED) is 0.213. The van der Waals surface area contributed by atoms with Crippen molar-refractivity contribution in [2.24, 2.45) is 0 Å². The van der Waals surface area contributed by atoms with Crippen molar-refractivity contribution in [3.63, 3.8) is 0 Å². The Morgan fingerprint density at radius 3 is 1.59 bits per heavy atom. The van der Waals surface area contributed by atoms with Crippen molar-refractivity contribution in [3.05, 3.63) is 176 Å². The summed E-state index contributed by atoms with van der Waals surface area (Å²) in [4.78, 5) is 0. The van der Waals surface area contributed by atoms with Crippen LogP contribution in [0.1, 0.15) is 0 Å². The first-order valence-corrected chi connectivity index (χ1v) is 15.0. The normalized spacial score (nSPS) is 11.2. The Balaban J connectivity index is 1.19. The van der Waals surface area contributed by atoms with Crippen LogP contribution in [0.25, 0.3) is 60.9 Å². The van der Waals surface area contributed by atoms with Crippen molar-refractivity contribution >= 4 is 33.2 Å². The highest BCUT2D eigenvalue weighted by molar-refractivity contribution is 6.10. The van der Waals surface area contributed by atoms with Gasteiger partial charge in [0.25, 0.3) is 0 Å². The molecule has 0 bridgehead atoms. The zero-order chi connectivity index (χ0) is 29.3. The molecule has 0 amide bonds. The van der Waals surface area contributed by atoms with Gasteiger partial charge in [-0.25, -0.2) is 0 Å². The largest absolute Gasteiger partial charge is 0.355 e. The van der Waals surface area contributed by atoms with Gasteiger partial charge in [0.05, 0.1) is 11.0 Å². The molecule has 1 N–H and O–H groups in total. The van der Waals surface area contributed by atoms with Crippen molar-refractivity contribution < 1.29 is 0 Å². The predicted octanol–water partition coefficient (Wildman–Crippen LogP) is 11.5. The molecular formula is C42H30N2. The van der Waals surface area contributed by atoms with Crippen LogP contribution >= 0.6 is 0 Å². The van der Waals surface area contributed by atoms with Gasteiger partial charge in [0.15, 0.2) is 0 Å². The predicted molar refractivity (Wildman–Crippen MR) is 187 cm³/mol. The summed E-state index contributed by atoms with van der Waals surface area (Å²) in [5, 5.41) is 6.19. The summed E-state index contributed by atoms with van der Waals surface area (Å²) in [6, 6.07) is 62.7. The van der Waals surface area contributed by atoms with Gasteiger partial charge >= 0.3 is 0 Å². The molecule has 0 aliphatic heterocycles. The molecule has 0 aliphatic rings. The van der Waals surface area contributed by atoms with Gasteiger partial charge < -0.3 is 9.88 Å². The third-order valence-electron chi connectivity index (χ3n) is 8.42. The summed E-state index contributed by atoms with van der Waals surface area (Å²) < 4.78 is 2.39. The van der Waals surface area contributed by atoms with Crippen molar-refractivity contribution in [1.29, 1.82) is 0 Å². The van der Waals surface area contributed by atoms with Crippen LogP contribution in [-0.2, 0) is 0 Å². The fourth-order valence-electron chi connectivity index (χ4n) is 6.23. The average molecular weight is 563 g/mol. The molecule has 0 fully saturated rings. The summed E-state index contributed by atoms with van der Waals surface area (Å²) in [5.41, 5.74) is 12.9. The second-order valence-corrected chi connectivity index (χ2v) is 11.1. The highest BCUT2D eigenvalue weighted by atomic mass is 15.0. The van der Waals surface area contributed by atoms with Crippen LogP contribution < -0.4 is 5.32 Å². The van der Waals surface area contributed by atoms with Gasteiger partial charge in [-0.15, -0.1) is 0 Å². The van der Waals surface area contributed by atoms with Crippen molar-refractivity contribution in [1.82, 2.24) is 4.57 Å². The second-order valence-electron chi connectivity index (χ2n) is 11.1. The van der Waals surface area contributed by atoms with Crippen molar-refractivity contribution in [2.45, 2.75) is 0 Å². The van der Waals surface area contributed by atoms with Crippen LogP contribution in [0, 0.1) is 0 Å². The molecule has 44 heavy (non-hydrogen) atoms. The lowest BCUT2D eigenvalue weighted by Gasteiger charge is -2.14. The lowest BCUT2D eigenvalue weighted by Crippen LogP contribution is -1.95. The Kier molecular flexibility index (Phi) is 6.51. The fourth-order valence-corrected chi connectivity index (χ4v) is 6.23. The Hall–Kier alpha value is -5.86. The Morgan fingerprint density at radius 1 is 0.364 bits per heavy atom. The van der Waals surface area contributed by atoms with E-state index < -0.39 is 0 Å². The van der Waals surface area contributed by atoms with E-state index in [1.54, 1.807) is 0 Å². The van der Waals surface area contributed by atoms with E-state index in [0.717, 1.165) is 22.6 Å². The molecule has 8 rings (SSSR count). The van der Waals surface area contributed by atoms with E-state index in [1.165, 1.54) is 49.6 Å². The number of nitrogens with zero attached hydrogens (tertiary/aromatic N) is 1. The van der Waals surface area contributed by atoms with Gasteiger partial charge in [0, 0.05) is 33.4 Å². The highest BCUT2D eigenvalue weighted by Gasteiger charge is 2.14. The third-order valence-corrected chi connectivity index (χ3v) is 8.42. The van der Waals surface area contributed by atoms with Crippen LogP contribution in [0.15, 0.2) is 176 Å². The molecule has 1 heterocycles. The second kappa shape index (κ2) is 11.1. The Morgan fingerprint density at radius 2 is 0.886 bits per heavy atom. The van der Waals surface area contributed by atoms with Gasteiger partial charge in [-0.3, -0.25) is 0 Å². The summed E-state index contributed by atoms with van der Waals surface area (Å²) in [6.45, 7) is 0. The van der Waals surface area contributed by atoms with E-state index in [-0.39, 0.29) is 0 Å². The molecule has 0 unspecified atom stereocenters. The molecule has 0 saturated carbocycles. The number of rotatable bonds is 6. The van der Waals surface area contributed by atoms with Gasteiger partial charge in [-0.2, -0.15) is 0 Å². The molecule has 7 aromatic carbocycles.